The maximum Gasteiger partial charge on any atom is 0.0766 e. The number of benzene rings is 1. The smallest absolute Gasteiger partial charge is 0.0766 e. The molecule has 114 valence electrons. The van der Waals surface area contributed by atoms with Gasteiger partial charge in [-0.2, -0.15) is 5.10 Å². The predicted molar refractivity (Wildman–Crippen MR) is 91.5 cm³/mol. The number of halogens is 1. The van der Waals surface area contributed by atoms with E-state index in [0.29, 0.717) is 6.54 Å². The lowest BCUT2D eigenvalue weighted by Gasteiger charge is -2.32. The fourth-order valence-electron chi connectivity index (χ4n) is 2.89. The summed E-state index contributed by atoms with van der Waals surface area (Å²) in [5.41, 5.74) is 9.80. The molecule has 2 rings (SSSR count). The Hall–Kier alpha value is -1.13. The van der Waals surface area contributed by atoms with Gasteiger partial charge in [-0.3, -0.25) is 4.68 Å². The van der Waals surface area contributed by atoms with Crippen LogP contribution in [-0.2, 0) is 25.3 Å². The SMILES string of the molecule is CCc1nn(C)c(CC(CC)(CN)c2ccccc2)c1Br. The highest BCUT2D eigenvalue weighted by molar-refractivity contribution is 9.10. The van der Waals surface area contributed by atoms with Crippen molar-refractivity contribution in [3.05, 3.63) is 51.8 Å². The van der Waals surface area contributed by atoms with Crippen LogP contribution in [0.25, 0.3) is 0 Å². The van der Waals surface area contributed by atoms with Crippen molar-refractivity contribution in [3.8, 4) is 0 Å². The van der Waals surface area contributed by atoms with E-state index in [4.69, 9.17) is 5.73 Å². The molecular formula is C17H24BrN3. The van der Waals surface area contributed by atoms with E-state index in [1.807, 2.05) is 11.7 Å². The maximum atomic E-state index is 6.19. The lowest BCUT2D eigenvalue weighted by molar-refractivity contribution is 0.406. The van der Waals surface area contributed by atoms with Gasteiger partial charge < -0.3 is 5.73 Å². The molecule has 0 fully saturated rings. The predicted octanol–water partition coefficient (Wildman–Crippen LogP) is 3.59. The van der Waals surface area contributed by atoms with Crippen LogP contribution in [0.15, 0.2) is 34.8 Å². The second-order valence-corrected chi connectivity index (χ2v) is 6.36. The standard InChI is InChI=1S/C17H24BrN3/c1-4-14-16(18)15(21(3)20-14)11-17(5-2,12-19)13-9-7-6-8-10-13/h6-10H,4-5,11-12,19H2,1-3H3. The Labute approximate surface area is 135 Å². The van der Waals surface area contributed by atoms with E-state index in [0.717, 1.165) is 29.4 Å². The third kappa shape index (κ3) is 3.06. The van der Waals surface area contributed by atoms with Crippen molar-refractivity contribution in [1.82, 2.24) is 9.78 Å². The number of rotatable bonds is 6. The van der Waals surface area contributed by atoms with Crippen LogP contribution in [0, 0.1) is 0 Å². The van der Waals surface area contributed by atoms with E-state index < -0.39 is 0 Å². The van der Waals surface area contributed by atoms with E-state index in [9.17, 15) is 0 Å². The zero-order valence-corrected chi connectivity index (χ0v) is 14.7. The van der Waals surface area contributed by atoms with Crippen LogP contribution in [0.1, 0.15) is 37.2 Å². The fourth-order valence-corrected chi connectivity index (χ4v) is 3.65. The molecule has 21 heavy (non-hydrogen) atoms. The van der Waals surface area contributed by atoms with E-state index in [-0.39, 0.29) is 5.41 Å². The largest absolute Gasteiger partial charge is 0.330 e. The molecule has 0 aliphatic carbocycles. The molecule has 0 bridgehead atoms. The van der Waals surface area contributed by atoms with Crippen LogP contribution < -0.4 is 5.73 Å². The monoisotopic (exact) mass is 349 g/mol. The van der Waals surface area contributed by atoms with Crippen LogP contribution in [0.4, 0.5) is 0 Å². The highest BCUT2D eigenvalue weighted by Gasteiger charge is 2.31. The first-order chi connectivity index (χ1) is 10.1. The summed E-state index contributed by atoms with van der Waals surface area (Å²) in [6.45, 7) is 4.97. The molecule has 4 heteroatoms. The van der Waals surface area contributed by atoms with E-state index >= 15 is 0 Å². The maximum absolute atomic E-state index is 6.19. The first-order valence-corrected chi connectivity index (χ1v) is 8.33. The summed E-state index contributed by atoms with van der Waals surface area (Å²) in [5, 5.41) is 4.60. The summed E-state index contributed by atoms with van der Waals surface area (Å²) in [6, 6.07) is 10.6. The molecule has 1 aromatic carbocycles. The van der Waals surface area contributed by atoms with Crippen molar-refractivity contribution in [1.29, 1.82) is 0 Å². The molecule has 0 saturated heterocycles. The molecule has 2 N–H and O–H groups in total. The van der Waals surface area contributed by atoms with Gasteiger partial charge in [0.1, 0.15) is 0 Å². The van der Waals surface area contributed by atoms with Gasteiger partial charge in [-0.05, 0) is 34.3 Å². The molecular weight excluding hydrogens is 326 g/mol. The van der Waals surface area contributed by atoms with Crippen molar-refractivity contribution < 1.29 is 0 Å². The molecule has 0 spiro atoms. The third-order valence-corrected chi connectivity index (χ3v) is 5.38. The Morgan fingerprint density at radius 1 is 1.24 bits per heavy atom. The number of hydrogen-bond acceptors (Lipinski definition) is 2. The Balaban J connectivity index is 2.44. The number of aromatic nitrogens is 2. The fraction of sp³-hybridized carbons (Fsp3) is 0.471. The molecule has 0 amide bonds. The van der Waals surface area contributed by atoms with Crippen LogP contribution >= 0.6 is 15.9 Å². The molecule has 0 radical (unpaired) electrons. The second-order valence-electron chi connectivity index (χ2n) is 5.57. The normalized spacial score (nSPS) is 14.1. The Morgan fingerprint density at radius 3 is 2.38 bits per heavy atom. The molecule has 1 unspecified atom stereocenters. The van der Waals surface area contributed by atoms with Crippen LogP contribution in [-0.4, -0.2) is 16.3 Å². The average Bonchev–Trinajstić information content (AvgIpc) is 2.80. The minimum absolute atomic E-state index is 0.0391. The van der Waals surface area contributed by atoms with Gasteiger partial charge in [0.25, 0.3) is 0 Å². The molecule has 1 heterocycles. The van der Waals surface area contributed by atoms with Gasteiger partial charge in [0, 0.05) is 25.4 Å². The van der Waals surface area contributed by atoms with Crippen molar-refractivity contribution in [2.24, 2.45) is 12.8 Å². The Bertz CT molecular complexity index is 586. The average molecular weight is 350 g/mol. The number of aryl methyl sites for hydroxylation is 2. The molecule has 0 aliphatic heterocycles. The molecule has 0 saturated carbocycles. The molecule has 3 nitrogen and oxygen atoms in total. The minimum Gasteiger partial charge on any atom is -0.330 e. The summed E-state index contributed by atoms with van der Waals surface area (Å²) in [5.74, 6) is 0. The summed E-state index contributed by atoms with van der Waals surface area (Å²) in [6.07, 6.45) is 2.84. The molecule has 1 atom stereocenters. The number of nitrogens with two attached hydrogens (primary N) is 1. The van der Waals surface area contributed by atoms with Crippen LogP contribution in [0.2, 0.25) is 0 Å². The van der Waals surface area contributed by atoms with Gasteiger partial charge in [0.15, 0.2) is 0 Å². The van der Waals surface area contributed by atoms with Crippen molar-refractivity contribution in [2.45, 2.75) is 38.5 Å². The summed E-state index contributed by atoms with van der Waals surface area (Å²) in [7, 11) is 2.02. The topological polar surface area (TPSA) is 43.8 Å². The van der Waals surface area contributed by atoms with Crippen molar-refractivity contribution in [3.63, 3.8) is 0 Å². The molecule has 2 aromatic rings. The summed E-state index contributed by atoms with van der Waals surface area (Å²) < 4.78 is 3.13. The van der Waals surface area contributed by atoms with Crippen LogP contribution in [0.3, 0.4) is 0 Å². The van der Waals surface area contributed by atoms with Gasteiger partial charge in [0.05, 0.1) is 15.9 Å². The van der Waals surface area contributed by atoms with E-state index in [2.05, 4.69) is 65.2 Å². The quantitative estimate of drug-likeness (QED) is 0.865. The first kappa shape index (κ1) is 16.2. The van der Waals surface area contributed by atoms with E-state index in [1.54, 1.807) is 0 Å². The second kappa shape index (κ2) is 6.75. The van der Waals surface area contributed by atoms with E-state index in [1.165, 1.54) is 11.3 Å². The van der Waals surface area contributed by atoms with Gasteiger partial charge in [-0.15, -0.1) is 0 Å². The van der Waals surface area contributed by atoms with Gasteiger partial charge in [-0.1, -0.05) is 44.2 Å². The first-order valence-electron chi connectivity index (χ1n) is 7.53. The zero-order valence-electron chi connectivity index (χ0n) is 13.1. The molecule has 1 aromatic heterocycles. The van der Waals surface area contributed by atoms with Gasteiger partial charge in [0.2, 0.25) is 0 Å². The zero-order chi connectivity index (χ0) is 15.5. The van der Waals surface area contributed by atoms with Crippen molar-refractivity contribution in [2.75, 3.05) is 6.54 Å². The highest BCUT2D eigenvalue weighted by Crippen LogP contribution is 2.34. The van der Waals surface area contributed by atoms with Crippen molar-refractivity contribution >= 4 is 15.9 Å². The number of hydrogen-bond donors (Lipinski definition) is 1. The summed E-state index contributed by atoms with van der Waals surface area (Å²) in [4.78, 5) is 0. The third-order valence-electron chi connectivity index (χ3n) is 4.46. The summed E-state index contributed by atoms with van der Waals surface area (Å²) >= 11 is 3.72. The minimum atomic E-state index is -0.0391. The van der Waals surface area contributed by atoms with Gasteiger partial charge in [-0.25, -0.2) is 0 Å². The Morgan fingerprint density at radius 2 is 1.90 bits per heavy atom. The number of nitrogens with zero attached hydrogens (tertiary/aromatic N) is 2. The highest BCUT2D eigenvalue weighted by atomic mass is 79.9. The lowest BCUT2D eigenvalue weighted by atomic mass is 9.74. The Kier molecular flexibility index (Phi) is 5.22. The molecule has 0 aliphatic rings. The van der Waals surface area contributed by atoms with Crippen LogP contribution in [0.5, 0.6) is 0 Å². The van der Waals surface area contributed by atoms with Gasteiger partial charge >= 0.3 is 0 Å². The lowest BCUT2D eigenvalue weighted by Crippen LogP contribution is -2.37.